The highest BCUT2D eigenvalue weighted by Gasteiger charge is 2.38. The molecule has 3 heterocycles. The van der Waals surface area contributed by atoms with Crippen molar-refractivity contribution < 1.29 is 18.9 Å². The Morgan fingerprint density at radius 2 is 1.87 bits per heavy atom. The summed E-state index contributed by atoms with van der Waals surface area (Å²) in [7, 11) is 0. The van der Waals surface area contributed by atoms with Gasteiger partial charge in [0.1, 0.15) is 23.4 Å². The normalized spacial score (nSPS) is 14.1. The van der Waals surface area contributed by atoms with Gasteiger partial charge >= 0.3 is 0 Å². The Bertz CT molecular complexity index is 1500. The number of hydrogen-bond acceptors (Lipinski definition) is 5. The van der Waals surface area contributed by atoms with Crippen LogP contribution in [0.1, 0.15) is 47.6 Å². The fourth-order valence-electron chi connectivity index (χ4n) is 4.79. The summed E-state index contributed by atoms with van der Waals surface area (Å²) >= 11 is 5.95. The first kappa shape index (κ1) is 25.3. The van der Waals surface area contributed by atoms with E-state index in [9.17, 15) is 19.7 Å². The number of nitro benzene ring substituents is 1. The first-order valence-corrected chi connectivity index (χ1v) is 12.6. The zero-order valence-corrected chi connectivity index (χ0v) is 21.4. The molecule has 0 saturated carbocycles. The van der Waals surface area contributed by atoms with E-state index in [4.69, 9.17) is 16.0 Å². The number of anilines is 1. The average Bonchev–Trinajstić information content (AvgIpc) is 3.63. The number of amides is 2. The van der Waals surface area contributed by atoms with E-state index in [1.807, 2.05) is 60.2 Å². The number of furan rings is 1. The van der Waals surface area contributed by atoms with E-state index in [1.54, 1.807) is 17.2 Å². The molecule has 9 nitrogen and oxygen atoms in total. The van der Waals surface area contributed by atoms with E-state index in [2.05, 4.69) is 0 Å². The highest BCUT2D eigenvalue weighted by molar-refractivity contribution is 6.32. The zero-order chi connectivity index (χ0) is 26.8. The Labute approximate surface area is 224 Å². The van der Waals surface area contributed by atoms with Crippen LogP contribution in [0, 0.1) is 10.1 Å². The molecule has 38 heavy (non-hydrogen) atoms. The molecule has 194 valence electrons. The Morgan fingerprint density at radius 3 is 2.58 bits per heavy atom. The third kappa shape index (κ3) is 4.56. The minimum absolute atomic E-state index is 0.0584. The summed E-state index contributed by atoms with van der Waals surface area (Å²) in [6, 6.07) is 18.4. The zero-order valence-electron chi connectivity index (χ0n) is 20.6. The molecule has 10 heteroatoms. The van der Waals surface area contributed by atoms with Gasteiger partial charge in [-0.3, -0.25) is 24.6 Å². The van der Waals surface area contributed by atoms with Crippen LogP contribution in [0.2, 0.25) is 5.02 Å². The van der Waals surface area contributed by atoms with Crippen molar-refractivity contribution in [2.75, 3.05) is 18.0 Å². The predicted molar refractivity (Wildman–Crippen MR) is 143 cm³/mol. The molecule has 1 atom stereocenters. The number of aromatic nitrogens is 1. The van der Waals surface area contributed by atoms with Gasteiger partial charge in [0.05, 0.1) is 28.3 Å². The van der Waals surface area contributed by atoms with Crippen molar-refractivity contribution in [2.45, 2.75) is 25.8 Å². The summed E-state index contributed by atoms with van der Waals surface area (Å²) in [5, 5.41) is 11.3. The number of halogens is 1. The molecule has 0 saturated heterocycles. The number of nitro groups is 1. The quantitative estimate of drug-likeness (QED) is 0.204. The molecule has 2 aromatic carbocycles. The number of fused-ring (bicyclic) bond motifs is 3. The van der Waals surface area contributed by atoms with Crippen molar-refractivity contribution in [3.05, 3.63) is 111 Å². The molecule has 0 N–H and O–H groups in total. The van der Waals surface area contributed by atoms with Gasteiger partial charge < -0.3 is 13.9 Å². The number of para-hydroxylation sites is 2. The number of unbranched alkanes of at least 4 members (excludes halogenated alkanes) is 1. The van der Waals surface area contributed by atoms with Crippen LogP contribution >= 0.6 is 11.6 Å². The summed E-state index contributed by atoms with van der Waals surface area (Å²) in [5.74, 6) is -0.193. The van der Waals surface area contributed by atoms with E-state index < -0.39 is 16.9 Å². The first-order chi connectivity index (χ1) is 18.4. The lowest BCUT2D eigenvalue weighted by Crippen LogP contribution is -2.47. The molecule has 1 aliphatic heterocycles. The van der Waals surface area contributed by atoms with Crippen LogP contribution in [0.3, 0.4) is 0 Å². The van der Waals surface area contributed by atoms with Gasteiger partial charge in [0.15, 0.2) is 0 Å². The van der Waals surface area contributed by atoms with Crippen molar-refractivity contribution in [3.8, 4) is 5.69 Å². The molecule has 0 radical (unpaired) electrons. The highest BCUT2D eigenvalue weighted by Crippen LogP contribution is 2.42. The molecule has 0 unspecified atom stereocenters. The van der Waals surface area contributed by atoms with Crippen LogP contribution in [0.5, 0.6) is 0 Å². The number of carbonyl (C=O) groups is 2. The standard InChI is InChI=1S/C28H25ClN4O5/c1-2-3-14-30(28(35)19-12-13-20(29)24(17-19)33(36)37)18-26(34)32-22-9-5-4-8-21(22)31-15-6-10-23(31)27(32)25-11-7-16-38-25/h4-13,15-17,27H,2-3,14,18H2,1H3/t27-/m1/s1. The number of benzene rings is 2. The van der Waals surface area contributed by atoms with Gasteiger partial charge in [-0.1, -0.05) is 37.1 Å². The van der Waals surface area contributed by atoms with Crippen LogP contribution in [0.15, 0.2) is 83.6 Å². The lowest BCUT2D eigenvalue weighted by molar-refractivity contribution is -0.384. The maximum absolute atomic E-state index is 14.1. The van der Waals surface area contributed by atoms with E-state index in [0.717, 1.165) is 23.9 Å². The molecule has 5 rings (SSSR count). The molecule has 0 fully saturated rings. The van der Waals surface area contributed by atoms with Gasteiger partial charge in [-0.2, -0.15) is 0 Å². The topological polar surface area (TPSA) is 102 Å². The summed E-state index contributed by atoms with van der Waals surface area (Å²) in [5.41, 5.74) is 2.12. The average molecular weight is 533 g/mol. The second-order valence-corrected chi connectivity index (χ2v) is 9.38. The van der Waals surface area contributed by atoms with E-state index in [1.165, 1.54) is 17.0 Å². The second kappa shape index (κ2) is 10.5. The van der Waals surface area contributed by atoms with E-state index in [0.29, 0.717) is 24.4 Å². The molecule has 0 aliphatic carbocycles. The fraction of sp³-hybridized carbons (Fsp3) is 0.214. The lowest BCUT2D eigenvalue weighted by atomic mass is 10.0. The van der Waals surface area contributed by atoms with Crippen LogP contribution in [-0.4, -0.2) is 39.3 Å². The Balaban J connectivity index is 1.52. The number of carbonyl (C=O) groups excluding carboxylic acids is 2. The minimum Gasteiger partial charge on any atom is -0.467 e. The van der Waals surface area contributed by atoms with Gasteiger partial charge in [0.2, 0.25) is 5.91 Å². The molecule has 2 aromatic heterocycles. The summed E-state index contributed by atoms with van der Waals surface area (Å²) in [4.78, 5) is 41.5. The van der Waals surface area contributed by atoms with Crippen LogP contribution in [-0.2, 0) is 4.79 Å². The maximum Gasteiger partial charge on any atom is 0.288 e. The van der Waals surface area contributed by atoms with E-state index >= 15 is 0 Å². The Hall–Kier alpha value is -4.37. The van der Waals surface area contributed by atoms with Crippen LogP contribution in [0.25, 0.3) is 5.69 Å². The maximum atomic E-state index is 14.1. The van der Waals surface area contributed by atoms with Crippen molar-refractivity contribution in [1.29, 1.82) is 0 Å². The largest absolute Gasteiger partial charge is 0.467 e. The SMILES string of the molecule is CCCCN(CC(=O)N1c2ccccc2-n2cccc2[C@@H]1c1ccco1)C(=O)c1ccc(Cl)c([N+](=O)[O-])c1. The number of hydrogen-bond donors (Lipinski definition) is 0. The van der Waals surface area contributed by atoms with Crippen molar-refractivity contribution in [2.24, 2.45) is 0 Å². The van der Waals surface area contributed by atoms with Crippen molar-refractivity contribution in [1.82, 2.24) is 9.47 Å². The van der Waals surface area contributed by atoms with Gasteiger partial charge in [-0.05, 0) is 55.0 Å². The molecule has 2 amide bonds. The lowest BCUT2D eigenvalue weighted by Gasteiger charge is -2.38. The molecule has 1 aliphatic rings. The Kier molecular flexibility index (Phi) is 7.02. The summed E-state index contributed by atoms with van der Waals surface area (Å²) in [6.07, 6.45) is 4.97. The molecule has 0 bridgehead atoms. The fourth-order valence-corrected chi connectivity index (χ4v) is 4.97. The van der Waals surface area contributed by atoms with Crippen LogP contribution < -0.4 is 4.90 Å². The minimum atomic E-state index is -0.631. The second-order valence-electron chi connectivity index (χ2n) is 8.98. The summed E-state index contributed by atoms with van der Waals surface area (Å²) in [6.45, 7) is 2.08. The molecular formula is C28H25ClN4O5. The van der Waals surface area contributed by atoms with Crippen LogP contribution in [0.4, 0.5) is 11.4 Å². The molecular weight excluding hydrogens is 508 g/mol. The molecule has 0 spiro atoms. The van der Waals surface area contributed by atoms with Gasteiger partial charge in [0, 0.05) is 24.4 Å². The van der Waals surface area contributed by atoms with Gasteiger partial charge in [0.25, 0.3) is 11.6 Å². The monoisotopic (exact) mass is 532 g/mol. The number of nitrogens with zero attached hydrogens (tertiary/aromatic N) is 4. The highest BCUT2D eigenvalue weighted by atomic mass is 35.5. The molecule has 4 aromatic rings. The Morgan fingerprint density at radius 1 is 1.08 bits per heavy atom. The first-order valence-electron chi connectivity index (χ1n) is 12.3. The summed E-state index contributed by atoms with van der Waals surface area (Å²) < 4.78 is 7.79. The predicted octanol–water partition coefficient (Wildman–Crippen LogP) is 6.01. The number of rotatable bonds is 8. The van der Waals surface area contributed by atoms with Crippen molar-refractivity contribution in [3.63, 3.8) is 0 Å². The third-order valence-electron chi connectivity index (χ3n) is 6.59. The van der Waals surface area contributed by atoms with Crippen molar-refractivity contribution >= 4 is 34.8 Å². The van der Waals surface area contributed by atoms with Gasteiger partial charge in [-0.25, -0.2) is 0 Å². The van der Waals surface area contributed by atoms with E-state index in [-0.39, 0.29) is 28.7 Å². The third-order valence-corrected chi connectivity index (χ3v) is 6.91. The van der Waals surface area contributed by atoms with Gasteiger partial charge in [-0.15, -0.1) is 0 Å². The smallest absolute Gasteiger partial charge is 0.288 e.